The molecule has 0 aliphatic heterocycles. The van der Waals surface area contributed by atoms with Crippen LogP contribution in [-0.2, 0) is 0 Å². The van der Waals surface area contributed by atoms with Crippen LogP contribution >= 0.6 is 22.9 Å². The van der Waals surface area contributed by atoms with E-state index in [9.17, 15) is 4.39 Å². The maximum absolute atomic E-state index is 12.8. The van der Waals surface area contributed by atoms with E-state index < -0.39 is 0 Å². The molecule has 1 N–H and O–H groups in total. The second kappa shape index (κ2) is 4.16. The lowest BCUT2D eigenvalue weighted by molar-refractivity contribution is 0.628. The van der Waals surface area contributed by atoms with Crippen molar-refractivity contribution in [2.45, 2.75) is 0 Å². The van der Waals surface area contributed by atoms with E-state index in [1.807, 2.05) is 0 Å². The van der Waals surface area contributed by atoms with Crippen LogP contribution in [0.15, 0.2) is 24.4 Å². The Bertz CT molecular complexity index is 484. The van der Waals surface area contributed by atoms with Crippen LogP contribution < -0.4 is 5.32 Å². The molecule has 2 rings (SSSR count). The van der Waals surface area contributed by atoms with Crippen LogP contribution in [0.3, 0.4) is 0 Å². The maximum atomic E-state index is 12.8. The van der Waals surface area contributed by atoms with Gasteiger partial charge >= 0.3 is 0 Å². The molecule has 0 saturated heterocycles. The second-order valence-corrected chi connectivity index (χ2v) is 4.34. The fraction of sp³-hybridized carbons (Fsp3) is 0.100. The molecule has 0 bridgehead atoms. The van der Waals surface area contributed by atoms with Gasteiger partial charge in [-0.1, -0.05) is 22.9 Å². The second-order valence-electron chi connectivity index (χ2n) is 2.90. The normalized spacial score (nSPS) is 10.3. The minimum Gasteiger partial charge on any atom is -0.365 e. The minimum atomic E-state index is -0.331. The smallest absolute Gasteiger partial charge is 0.182 e. The van der Waals surface area contributed by atoms with E-state index in [0.717, 1.165) is 15.6 Å². The predicted molar refractivity (Wildman–Crippen MR) is 62.1 cm³/mol. The average Bonchev–Trinajstić information content (AvgIpc) is 2.66. The highest BCUT2D eigenvalue weighted by Gasteiger charge is 2.08. The molecule has 1 heterocycles. The average molecular weight is 243 g/mol. The van der Waals surface area contributed by atoms with E-state index in [-0.39, 0.29) is 5.82 Å². The van der Waals surface area contributed by atoms with Gasteiger partial charge in [0.1, 0.15) is 5.82 Å². The maximum Gasteiger partial charge on any atom is 0.182 e. The van der Waals surface area contributed by atoms with Crippen LogP contribution in [0.25, 0.3) is 10.4 Å². The molecule has 0 fully saturated rings. The van der Waals surface area contributed by atoms with Gasteiger partial charge in [-0.25, -0.2) is 9.37 Å². The molecular weight excluding hydrogens is 235 g/mol. The number of benzene rings is 1. The number of thiazole rings is 1. The van der Waals surface area contributed by atoms with Crippen LogP contribution in [0.2, 0.25) is 5.02 Å². The predicted octanol–water partition coefficient (Wildman–Crippen LogP) is 3.64. The van der Waals surface area contributed by atoms with Gasteiger partial charge < -0.3 is 5.32 Å². The summed E-state index contributed by atoms with van der Waals surface area (Å²) in [7, 11) is 1.80. The Kier molecular flexibility index (Phi) is 2.88. The van der Waals surface area contributed by atoms with Gasteiger partial charge in [0.05, 0.1) is 9.90 Å². The lowest BCUT2D eigenvalue weighted by Crippen LogP contribution is -1.83. The lowest BCUT2D eigenvalue weighted by atomic mass is 10.2. The summed E-state index contributed by atoms with van der Waals surface area (Å²) in [5.74, 6) is -0.331. The topological polar surface area (TPSA) is 24.9 Å². The fourth-order valence-corrected chi connectivity index (χ4v) is 2.34. The first-order chi connectivity index (χ1) is 7.20. The first-order valence-corrected chi connectivity index (χ1v) is 5.49. The molecule has 0 aliphatic rings. The van der Waals surface area contributed by atoms with Gasteiger partial charge in [0.2, 0.25) is 0 Å². The number of rotatable bonds is 2. The van der Waals surface area contributed by atoms with Gasteiger partial charge in [0.25, 0.3) is 0 Å². The van der Waals surface area contributed by atoms with E-state index in [2.05, 4.69) is 10.3 Å². The van der Waals surface area contributed by atoms with E-state index in [1.165, 1.54) is 23.5 Å². The summed E-state index contributed by atoms with van der Waals surface area (Å²) in [6, 6.07) is 4.35. The van der Waals surface area contributed by atoms with Crippen molar-refractivity contribution in [1.29, 1.82) is 0 Å². The number of hydrogen-bond donors (Lipinski definition) is 1. The van der Waals surface area contributed by atoms with Gasteiger partial charge in [-0.15, -0.1) is 0 Å². The number of hydrogen-bond acceptors (Lipinski definition) is 3. The molecule has 15 heavy (non-hydrogen) atoms. The van der Waals surface area contributed by atoms with Crippen LogP contribution in [0.1, 0.15) is 0 Å². The third-order valence-electron chi connectivity index (χ3n) is 1.92. The highest BCUT2D eigenvalue weighted by molar-refractivity contribution is 7.18. The van der Waals surface area contributed by atoms with E-state index in [4.69, 9.17) is 11.6 Å². The van der Waals surface area contributed by atoms with Crippen molar-refractivity contribution < 1.29 is 4.39 Å². The fourth-order valence-electron chi connectivity index (χ4n) is 1.20. The molecule has 0 atom stereocenters. The standard InChI is InChI=1S/C10H8ClFN2S/c1-13-10-14-5-9(15-10)7-3-2-6(12)4-8(7)11/h2-5H,1H3,(H,13,14). The molecule has 2 nitrogen and oxygen atoms in total. The zero-order valence-corrected chi connectivity index (χ0v) is 9.49. The van der Waals surface area contributed by atoms with Crippen LogP contribution in [-0.4, -0.2) is 12.0 Å². The Hall–Kier alpha value is -1.13. The molecule has 5 heteroatoms. The molecule has 0 spiro atoms. The van der Waals surface area contributed by atoms with Crippen molar-refractivity contribution in [3.8, 4) is 10.4 Å². The number of nitrogens with zero attached hydrogens (tertiary/aromatic N) is 1. The van der Waals surface area contributed by atoms with Crippen molar-refractivity contribution in [3.63, 3.8) is 0 Å². The van der Waals surface area contributed by atoms with Crippen molar-refractivity contribution in [2.75, 3.05) is 12.4 Å². The minimum absolute atomic E-state index is 0.331. The third kappa shape index (κ3) is 2.11. The van der Waals surface area contributed by atoms with Crippen LogP contribution in [0.5, 0.6) is 0 Å². The molecule has 0 saturated carbocycles. The van der Waals surface area contributed by atoms with Gasteiger partial charge in [-0.3, -0.25) is 0 Å². The van der Waals surface area contributed by atoms with Crippen molar-refractivity contribution in [2.24, 2.45) is 0 Å². The Morgan fingerprint density at radius 3 is 2.87 bits per heavy atom. The van der Waals surface area contributed by atoms with Crippen molar-refractivity contribution in [3.05, 3.63) is 35.2 Å². The van der Waals surface area contributed by atoms with E-state index in [1.54, 1.807) is 19.3 Å². The molecular formula is C10H8ClFN2S. The first kappa shape index (κ1) is 10.4. The van der Waals surface area contributed by atoms with Gasteiger partial charge in [0.15, 0.2) is 5.13 Å². The summed E-state index contributed by atoms with van der Waals surface area (Å²) in [5, 5.41) is 4.15. The zero-order chi connectivity index (χ0) is 10.8. The molecule has 0 radical (unpaired) electrons. The highest BCUT2D eigenvalue weighted by Crippen LogP contribution is 2.33. The molecule has 1 aromatic carbocycles. The molecule has 2 aromatic rings. The summed E-state index contributed by atoms with van der Waals surface area (Å²) in [6.07, 6.45) is 1.72. The zero-order valence-electron chi connectivity index (χ0n) is 7.92. The lowest BCUT2D eigenvalue weighted by Gasteiger charge is -1.99. The van der Waals surface area contributed by atoms with Crippen LogP contribution in [0, 0.1) is 5.82 Å². The Morgan fingerprint density at radius 1 is 1.47 bits per heavy atom. The van der Waals surface area contributed by atoms with E-state index >= 15 is 0 Å². The van der Waals surface area contributed by atoms with Crippen molar-refractivity contribution >= 4 is 28.1 Å². The summed E-state index contributed by atoms with van der Waals surface area (Å²) < 4.78 is 12.8. The van der Waals surface area contributed by atoms with Gasteiger partial charge in [-0.2, -0.15) is 0 Å². The Morgan fingerprint density at radius 2 is 2.27 bits per heavy atom. The SMILES string of the molecule is CNc1ncc(-c2ccc(F)cc2Cl)s1. The molecule has 0 unspecified atom stereocenters. The summed E-state index contributed by atoms with van der Waals surface area (Å²) in [6.45, 7) is 0. The Labute approximate surface area is 95.7 Å². The van der Waals surface area contributed by atoms with Crippen LogP contribution in [0.4, 0.5) is 9.52 Å². The summed E-state index contributed by atoms with van der Waals surface area (Å²) >= 11 is 7.41. The first-order valence-electron chi connectivity index (χ1n) is 4.29. The number of anilines is 1. The largest absolute Gasteiger partial charge is 0.365 e. The third-order valence-corrected chi connectivity index (χ3v) is 3.28. The summed E-state index contributed by atoms with van der Waals surface area (Å²) in [4.78, 5) is 5.05. The summed E-state index contributed by atoms with van der Waals surface area (Å²) in [5.41, 5.74) is 0.803. The van der Waals surface area contributed by atoms with Crippen molar-refractivity contribution in [1.82, 2.24) is 4.98 Å². The number of halogens is 2. The molecule has 78 valence electrons. The molecule has 0 aliphatic carbocycles. The highest BCUT2D eigenvalue weighted by atomic mass is 35.5. The number of nitrogens with one attached hydrogen (secondary N) is 1. The number of aromatic nitrogens is 1. The van der Waals surface area contributed by atoms with E-state index in [0.29, 0.717) is 5.02 Å². The van der Waals surface area contributed by atoms with Gasteiger partial charge in [-0.05, 0) is 18.2 Å². The Balaban J connectivity index is 2.44. The van der Waals surface area contributed by atoms with Gasteiger partial charge in [0, 0.05) is 18.8 Å². The molecule has 1 aromatic heterocycles. The monoisotopic (exact) mass is 242 g/mol. The molecule has 0 amide bonds. The quantitative estimate of drug-likeness (QED) is 0.870.